The van der Waals surface area contributed by atoms with Crippen molar-refractivity contribution in [2.75, 3.05) is 6.54 Å². The predicted octanol–water partition coefficient (Wildman–Crippen LogP) is 2.42. The molecule has 1 fully saturated rings. The van der Waals surface area contributed by atoms with Gasteiger partial charge in [-0.1, -0.05) is 49.2 Å². The minimum Gasteiger partial charge on any atom is -0.389 e. The van der Waals surface area contributed by atoms with Crippen LogP contribution in [0.4, 0.5) is 0 Å². The van der Waals surface area contributed by atoms with Crippen LogP contribution in [0.1, 0.15) is 25.7 Å². The molecule has 0 unspecified atom stereocenters. The van der Waals surface area contributed by atoms with E-state index in [0.717, 1.165) is 18.2 Å². The van der Waals surface area contributed by atoms with Crippen LogP contribution in [0.2, 0.25) is 0 Å². The summed E-state index contributed by atoms with van der Waals surface area (Å²) in [4.78, 5) is 0.266. The van der Waals surface area contributed by atoms with Gasteiger partial charge < -0.3 is 5.11 Å². The Hall–Kier alpha value is -1.43. The van der Waals surface area contributed by atoms with Gasteiger partial charge in [0.2, 0.25) is 10.0 Å². The van der Waals surface area contributed by atoms with Gasteiger partial charge in [-0.05, 0) is 24.3 Å². The molecule has 2 aromatic carbocycles. The van der Waals surface area contributed by atoms with Crippen molar-refractivity contribution in [2.24, 2.45) is 0 Å². The Kier molecular flexibility index (Phi) is 3.73. The summed E-state index contributed by atoms with van der Waals surface area (Å²) in [5.74, 6) is 0. The molecule has 0 spiro atoms. The summed E-state index contributed by atoms with van der Waals surface area (Å²) in [6, 6.07) is 12.6. The van der Waals surface area contributed by atoms with Crippen molar-refractivity contribution in [1.29, 1.82) is 0 Å². The third kappa shape index (κ3) is 2.95. The van der Waals surface area contributed by atoms with Gasteiger partial charge in [-0.25, -0.2) is 13.1 Å². The van der Waals surface area contributed by atoms with Gasteiger partial charge in [-0.3, -0.25) is 0 Å². The number of fused-ring (bicyclic) bond motifs is 1. The Balaban J connectivity index is 1.90. The van der Waals surface area contributed by atoms with Crippen molar-refractivity contribution < 1.29 is 13.5 Å². The third-order valence-corrected chi connectivity index (χ3v) is 5.62. The number of hydrogen-bond acceptors (Lipinski definition) is 3. The van der Waals surface area contributed by atoms with Crippen LogP contribution in [0.3, 0.4) is 0 Å². The molecule has 112 valence electrons. The van der Waals surface area contributed by atoms with E-state index < -0.39 is 15.6 Å². The lowest BCUT2D eigenvalue weighted by Gasteiger charge is -2.22. The maximum absolute atomic E-state index is 12.5. The second kappa shape index (κ2) is 5.40. The summed E-state index contributed by atoms with van der Waals surface area (Å²) in [6.07, 6.45) is 3.22. The van der Waals surface area contributed by atoms with E-state index in [4.69, 9.17) is 0 Å². The van der Waals surface area contributed by atoms with Gasteiger partial charge in [0.05, 0.1) is 10.5 Å². The van der Waals surface area contributed by atoms with Gasteiger partial charge in [0.1, 0.15) is 0 Å². The molecular weight excluding hydrogens is 286 g/mol. The molecule has 0 atom stereocenters. The Morgan fingerprint density at radius 3 is 2.48 bits per heavy atom. The minimum atomic E-state index is -3.62. The fraction of sp³-hybridized carbons (Fsp3) is 0.375. The lowest BCUT2D eigenvalue weighted by Crippen LogP contribution is -2.40. The summed E-state index contributed by atoms with van der Waals surface area (Å²) < 4.78 is 27.6. The number of sulfonamides is 1. The first-order valence-corrected chi connectivity index (χ1v) is 8.68. The number of nitrogens with one attached hydrogen (secondary N) is 1. The van der Waals surface area contributed by atoms with Crippen LogP contribution in [0, 0.1) is 0 Å². The second-order valence-electron chi connectivity index (χ2n) is 5.73. The Labute approximate surface area is 124 Å². The Morgan fingerprint density at radius 1 is 1.05 bits per heavy atom. The van der Waals surface area contributed by atoms with Gasteiger partial charge in [-0.2, -0.15) is 0 Å². The minimum absolute atomic E-state index is 0.0819. The van der Waals surface area contributed by atoms with E-state index >= 15 is 0 Å². The molecule has 0 aliphatic heterocycles. The molecule has 0 saturated heterocycles. The van der Waals surface area contributed by atoms with E-state index in [1.807, 2.05) is 24.3 Å². The van der Waals surface area contributed by atoms with E-state index in [0.29, 0.717) is 18.2 Å². The van der Waals surface area contributed by atoms with Crippen LogP contribution in [0.5, 0.6) is 0 Å². The topological polar surface area (TPSA) is 66.4 Å². The quantitative estimate of drug-likeness (QED) is 0.911. The highest BCUT2D eigenvalue weighted by molar-refractivity contribution is 7.89. The zero-order valence-corrected chi connectivity index (χ0v) is 12.6. The van der Waals surface area contributed by atoms with Gasteiger partial charge in [0, 0.05) is 11.9 Å². The van der Waals surface area contributed by atoms with Crippen molar-refractivity contribution in [1.82, 2.24) is 4.72 Å². The number of hydrogen-bond donors (Lipinski definition) is 2. The Bertz CT molecular complexity index is 744. The molecule has 4 nitrogen and oxygen atoms in total. The average molecular weight is 305 g/mol. The first-order chi connectivity index (χ1) is 10.0. The van der Waals surface area contributed by atoms with E-state index in [1.54, 1.807) is 18.2 Å². The summed E-state index contributed by atoms with van der Waals surface area (Å²) in [5, 5.41) is 11.9. The average Bonchev–Trinajstić information content (AvgIpc) is 2.92. The molecular formula is C16H19NO3S. The summed E-state index contributed by atoms with van der Waals surface area (Å²) in [5.41, 5.74) is -0.891. The lowest BCUT2D eigenvalue weighted by molar-refractivity contribution is 0.0532. The standard InChI is InChI=1S/C16H19NO3S/c18-16(10-3-4-11-16)12-17-21(19,20)15-9-5-7-13-6-1-2-8-14(13)15/h1-2,5-9,17-18H,3-4,10-12H2. The molecule has 1 saturated carbocycles. The van der Waals surface area contributed by atoms with Gasteiger partial charge in [-0.15, -0.1) is 0 Å². The molecule has 21 heavy (non-hydrogen) atoms. The monoisotopic (exact) mass is 305 g/mol. The summed E-state index contributed by atoms with van der Waals surface area (Å²) >= 11 is 0. The summed E-state index contributed by atoms with van der Waals surface area (Å²) in [7, 11) is -3.62. The number of rotatable bonds is 4. The molecule has 0 bridgehead atoms. The first-order valence-electron chi connectivity index (χ1n) is 7.20. The molecule has 2 aromatic rings. The van der Waals surface area contributed by atoms with E-state index in [-0.39, 0.29) is 11.4 Å². The van der Waals surface area contributed by atoms with Gasteiger partial charge >= 0.3 is 0 Å². The van der Waals surface area contributed by atoms with Crippen LogP contribution < -0.4 is 4.72 Å². The molecule has 0 heterocycles. The number of aliphatic hydroxyl groups is 1. The van der Waals surface area contributed by atoms with Crippen molar-refractivity contribution in [3.8, 4) is 0 Å². The largest absolute Gasteiger partial charge is 0.389 e. The van der Waals surface area contributed by atoms with Gasteiger partial charge in [0.15, 0.2) is 0 Å². The van der Waals surface area contributed by atoms with Crippen molar-refractivity contribution in [3.05, 3.63) is 42.5 Å². The second-order valence-corrected chi connectivity index (χ2v) is 7.47. The SMILES string of the molecule is O=S(=O)(NCC1(O)CCCC1)c1cccc2ccccc12. The fourth-order valence-electron chi connectivity index (χ4n) is 2.95. The van der Waals surface area contributed by atoms with E-state index in [1.165, 1.54) is 0 Å². The van der Waals surface area contributed by atoms with Crippen molar-refractivity contribution in [2.45, 2.75) is 36.2 Å². The Morgan fingerprint density at radius 2 is 1.71 bits per heavy atom. The lowest BCUT2D eigenvalue weighted by atomic mass is 10.0. The molecule has 0 amide bonds. The normalized spacial score (nSPS) is 18.1. The van der Waals surface area contributed by atoms with Crippen LogP contribution in [0.15, 0.2) is 47.4 Å². The van der Waals surface area contributed by atoms with Crippen molar-refractivity contribution in [3.63, 3.8) is 0 Å². The first kappa shape index (κ1) is 14.5. The smallest absolute Gasteiger partial charge is 0.241 e. The van der Waals surface area contributed by atoms with Crippen LogP contribution in [-0.2, 0) is 10.0 Å². The molecule has 2 N–H and O–H groups in total. The molecule has 1 aliphatic rings. The maximum Gasteiger partial charge on any atom is 0.241 e. The highest BCUT2D eigenvalue weighted by Gasteiger charge is 2.32. The molecule has 3 rings (SSSR count). The van der Waals surface area contributed by atoms with Crippen LogP contribution >= 0.6 is 0 Å². The predicted molar refractivity (Wildman–Crippen MR) is 82.6 cm³/mol. The molecule has 0 aromatic heterocycles. The van der Waals surface area contributed by atoms with E-state index in [9.17, 15) is 13.5 Å². The number of benzene rings is 2. The zero-order valence-electron chi connectivity index (χ0n) is 11.7. The zero-order chi connectivity index (χ0) is 14.9. The maximum atomic E-state index is 12.5. The highest BCUT2D eigenvalue weighted by Crippen LogP contribution is 2.29. The van der Waals surface area contributed by atoms with Crippen molar-refractivity contribution >= 4 is 20.8 Å². The summed E-state index contributed by atoms with van der Waals surface area (Å²) in [6.45, 7) is 0.0819. The van der Waals surface area contributed by atoms with Gasteiger partial charge in [0.25, 0.3) is 0 Å². The molecule has 1 aliphatic carbocycles. The van der Waals surface area contributed by atoms with Crippen LogP contribution in [0.25, 0.3) is 10.8 Å². The molecule has 5 heteroatoms. The van der Waals surface area contributed by atoms with Crippen LogP contribution in [-0.4, -0.2) is 25.7 Å². The molecule has 0 radical (unpaired) electrons. The third-order valence-electron chi connectivity index (χ3n) is 4.16. The highest BCUT2D eigenvalue weighted by atomic mass is 32.2. The fourth-order valence-corrected chi connectivity index (χ4v) is 4.29. The van der Waals surface area contributed by atoms with E-state index in [2.05, 4.69) is 4.72 Å².